The van der Waals surface area contributed by atoms with E-state index in [-0.39, 0.29) is 16.5 Å². The van der Waals surface area contributed by atoms with Crippen molar-refractivity contribution in [2.24, 2.45) is 0 Å². The van der Waals surface area contributed by atoms with Crippen LogP contribution in [-0.2, 0) is 6.54 Å². The van der Waals surface area contributed by atoms with Crippen LogP contribution in [0.3, 0.4) is 0 Å². The Hall–Kier alpha value is -1.81. The van der Waals surface area contributed by atoms with Gasteiger partial charge in [-0.3, -0.25) is 9.36 Å². The standard InChI is InChI=1S/C12H11ClN2O2/c1-8-14-11(13)6-12(17)15(8)7-9-2-4-10(16)5-3-9/h2-6,16H,7H2,1H3. The molecule has 0 fully saturated rings. The van der Waals surface area contributed by atoms with Gasteiger partial charge in [0, 0.05) is 6.07 Å². The minimum Gasteiger partial charge on any atom is -0.508 e. The third kappa shape index (κ3) is 2.65. The molecule has 1 aromatic carbocycles. The fourth-order valence-electron chi connectivity index (χ4n) is 1.56. The van der Waals surface area contributed by atoms with Crippen molar-refractivity contribution in [3.8, 4) is 5.75 Å². The summed E-state index contributed by atoms with van der Waals surface area (Å²) in [5.41, 5.74) is 0.729. The van der Waals surface area contributed by atoms with Gasteiger partial charge in [0.25, 0.3) is 5.56 Å². The monoisotopic (exact) mass is 250 g/mol. The molecule has 2 aromatic rings. The quantitative estimate of drug-likeness (QED) is 0.829. The van der Waals surface area contributed by atoms with Crippen LogP contribution in [0, 0.1) is 6.92 Å². The minimum absolute atomic E-state index is 0.185. The first-order valence-electron chi connectivity index (χ1n) is 5.08. The third-order valence-corrected chi connectivity index (χ3v) is 2.64. The van der Waals surface area contributed by atoms with Gasteiger partial charge >= 0.3 is 0 Å². The van der Waals surface area contributed by atoms with E-state index >= 15 is 0 Å². The molecule has 1 N–H and O–H groups in total. The molecule has 0 aliphatic heterocycles. The van der Waals surface area contributed by atoms with Crippen molar-refractivity contribution in [3.63, 3.8) is 0 Å². The summed E-state index contributed by atoms with van der Waals surface area (Å²) in [4.78, 5) is 15.7. The predicted molar refractivity (Wildman–Crippen MR) is 65.5 cm³/mol. The average Bonchev–Trinajstić information content (AvgIpc) is 2.26. The van der Waals surface area contributed by atoms with Crippen molar-refractivity contribution in [1.29, 1.82) is 0 Å². The summed E-state index contributed by atoms with van der Waals surface area (Å²) in [6.45, 7) is 2.14. The SMILES string of the molecule is Cc1nc(Cl)cc(=O)n1Cc1ccc(O)cc1. The Labute approximate surface area is 103 Å². The summed E-state index contributed by atoms with van der Waals surface area (Å²) in [7, 11) is 0. The van der Waals surface area contributed by atoms with E-state index in [1.807, 2.05) is 0 Å². The Morgan fingerprint density at radius 1 is 1.35 bits per heavy atom. The molecule has 88 valence electrons. The van der Waals surface area contributed by atoms with Crippen LogP contribution in [0.4, 0.5) is 0 Å². The van der Waals surface area contributed by atoms with Gasteiger partial charge in [0.2, 0.25) is 0 Å². The second-order valence-electron chi connectivity index (χ2n) is 3.72. The van der Waals surface area contributed by atoms with Gasteiger partial charge in [-0.05, 0) is 24.6 Å². The van der Waals surface area contributed by atoms with Gasteiger partial charge in [0.05, 0.1) is 6.54 Å². The number of aryl methyl sites for hydroxylation is 1. The van der Waals surface area contributed by atoms with Crippen LogP contribution in [0.25, 0.3) is 0 Å². The van der Waals surface area contributed by atoms with Crippen LogP contribution in [-0.4, -0.2) is 14.7 Å². The molecule has 17 heavy (non-hydrogen) atoms. The molecule has 0 amide bonds. The average molecular weight is 251 g/mol. The molecule has 0 saturated heterocycles. The predicted octanol–water partition coefficient (Wildman–Crippen LogP) is 1.96. The number of phenols is 1. The molecule has 0 bridgehead atoms. The number of rotatable bonds is 2. The van der Waals surface area contributed by atoms with E-state index in [1.165, 1.54) is 10.6 Å². The lowest BCUT2D eigenvalue weighted by molar-refractivity contribution is 0.475. The minimum atomic E-state index is -0.185. The van der Waals surface area contributed by atoms with E-state index in [1.54, 1.807) is 31.2 Å². The van der Waals surface area contributed by atoms with E-state index < -0.39 is 0 Å². The number of nitrogens with zero attached hydrogens (tertiary/aromatic N) is 2. The summed E-state index contributed by atoms with van der Waals surface area (Å²) < 4.78 is 1.53. The number of aromatic nitrogens is 2. The number of hydrogen-bond donors (Lipinski definition) is 1. The maximum absolute atomic E-state index is 11.7. The summed E-state index contributed by atoms with van der Waals surface area (Å²) in [6.07, 6.45) is 0. The first-order chi connectivity index (χ1) is 8.06. The van der Waals surface area contributed by atoms with Gasteiger partial charge in [0.15, 0.2) is 0 Å². The van der Waals surface area contributed by atoms with Gasteiger partial charge in [-0.2, -0.15) is 0 Å². The van der Waals surface area contributed by atoms with Crippen molar-refractivity contribution in [2.75, 3.05) is 0 Å². The fraction of sp³-hybridized carbons (Fsp3) is 0.167. The Morgan fingerprint density at radius 2 is 2.00 bits per heavy atom. The number of halogens is 1. The van der Waals surface area contributed by atoms with Gasteiger partial charge in [-0.1, -0.05) is 23.7 Å². The van der Waals surface area contributed by atoms with Gasteiger partial charge in [-0.25, -0.2) is 4.98 Å². The highest BCUT2D eigenvalue weighted by molar-refractivity contribution is 6.29. The topological polar surface area (TPSA) is 55.1 Å². The Balaban J connectivity index is 2.36. The van der Waals surface area contributed by atoms with E-state index in [0.717, 1.165) is 5.56 Å². The molecule has 1 heterocycles. The maximum Gasteiger partial charge on any atom is 0.255 e. The molecule has 2 rings (SSSR count). The summed E-state index contributed by atoms with van der Waals surface area (Å²) >= 11 is 5.69. The van der Waals surface area contributed by atoms with E-state index in [0.29, 0.717) is 12.4 Å². The number of aromatic hydroxyl groups is 1. The van der Waals surface area contributed by atoms with Crippen LogP contribution in [0.2, 0.25) is 5.15 Å². The zero-order chi connectivity index (χ0) is 12.4. The van der Waals surface area contributed by atoms with Gasteiger partial charge < -0.3 is 5.11 Å². The summed E-state index contributed by atoms with van der Waals surface area (Å²) in [5, 5.41) is 9.37. The van der Waals surface area contributed by atoms with Crippen LogP contribution in [0.1, 0.15) is 11.4 Å². The van der Waals surface area contributed by atoms with E-state index in [4.69, 9.17) is 11.6 Å². The van der Waals surface area contributed by atoms with Crippen molar-refractivity contribution in [1.82, 2.24) is 9.55 Å². The zero-order valence-corrected chi connectivity index (χ0v) is 9.98. The lowest BCUT2D eigenvalue weighted by atomic mass is 10.2. The van der Waals surface area contributed by atoms with Gasteiger partial charge in [-0.15, -0.1) is 0 Å². The first kappa shape index (κ1) is 11.7. The molecule has 0 saturated carbocycles. The van der Waals surface area contributed by atoms with E-state index in [9.17, 15) is 9.90 Å². The zero-order valence-electron chi connectivity index (χ0n) is 9.22. The Bertz CT molecular complexity index is 590. The van der Waals surface area contributed by atoms with Crippen LogP contribution in [0.5, 0.6) is 5.75 Å². The van der Waals surface area contributed by atoms with E-state index in [2.05, 4.69) is 4.98 Å². The van der Waals surface area contributed by atoms with Crippen molar-refractivity contribution >= 4 is 11.6 Å². The van der Waals surface area contributed by atoms with Crippen LogP contribution < -0.4 is 5.56 Å². The normalized spacial score (nSPS) is 10.5. The maximum atomic E-state index is 11.7. The second kappa shape index (κ2) is 4.59. The molecule has 1 aromatic heterocycles. The fourth-order valence-corrected chi connectivity index (χ4v) is 1.78. The number of benzene rings is 1. The van der Waals surface area contributed by atoms with Crippen molar-refractivity contribution in [3.05, 3.63) is 57.2 Å². The molecule has 0 unspecified atom stereocenters. The summed E-state index contributed by atoms with van der Waals surface area (Å²) in [5.74, 6) is 0.766. The lowest BCUT2D eigenvalue weighted by Gasteiger charge is -2.09. The smallest absolute Gasteiger partial charge is 0.255 e. The highest BCUT2D eigenvalue weighted by Crippen LogP contribution is 2.11. The van der Waals surface area contributed by atoms with Crippen LogP contribution >= 0.6 is 11.6 Å². The molecule has 0 spiro atoms. The molecular formula is C12H11ClN2O2. The Morgan fingerprint density at radius 3 is 2.59 bits per heavy atom. The van der Waals surface area contributed by atoms with Gasteiger partial charge in [0.1, 0.15) is 16.7 Å². The first-order valence-corrected chi connectivity index (χ1v) is 5.46. The van der Waals surface area contributed by atoms with Crippen LogP contribution in [0.15, 0.2) is 35.1 Å². The molecule has 5 heteroatoms. The summed E-state index contributed by atoms with van der Waals surface area (Å²) in [6, 6.07) is 7.97. The lowest BCUT2D eigenvalue weighted by Crippen LogP contribution is -2.23. The Kier molecular flexibility index (Phi) is 3.15. The molecular weight excluding hydrogens is 240 g/mol. The largest absolute Gasteiger partial charge is 0.508 e. The number of hydrogen-bond acceptors (Lipinski definition) is 3. The molecule has 0 radical (unpaired) electrons. The number of phenolic OH excluding ortho intramolecular Hbond substituents is 1. The van der Waals surface area contributed by atoms with Crippen molar-refractivity contribution < 1.29 is 5.11 Å². The molecule has 0 atom stereocenters. The van der Waals surface area contributed by atoms with Crippen molar-refractivity contribution in [2.45, 2.75) is 13.5 Å². The highest BCUT2D eigenvalue weighted by Gasteiger charge is 2.04. The highest BCUT2D eigenvalue weighted by atomic mass is 35.5. The second-order valence-corrected chi connectivity index (χ2v) is 4.10. The molecule has 4 nitrogen and oxygen atoms in total. The third-order valence-electron chi connectivity index (χ3n) is 2.44. The molecule has 0 aliphatic carbocycles. The molecule has 0 aliphatic rings.